The van der Waals surface area contributed by atoms with Gasteiger partial charge < -0.3 is 15.0 Å². The number of fused-ring (bicyclic) bond motifs is 1. The standard InChI is InChI=1S/C41H42ClN5O6/c1-40(2)38(41(3,4)39(40)53-28-14-12-26(20-43)31(42)19-28)45-34(49)25-10-8-23(9-11-25)6-5-7-24-21-46(22-24)27-13-15-29-30(18-27)37(52)47(36(29)51)32-16-17-33(48)44-35(32)50/h8-15,18-19,24,32,38-39H,5-7,16-17,21-22H2,1-4H3,(H,45,49)(H,44,48,50)/t32?,38-,39-. The second-order valence-corrected chi connectivity index (χ2v) is 16.2. The number of amides is 5. The van der Waals surface area contributed by atoms with Crippen LogP contribution in [0.5, 0.6) is 5.75 Å². The number of carbonyl (C=O) groups excluding carboxylic acids is 5. The Morgan fingerprint density at radius 2 is 1.66 bits per heavy atom. The molecule has 1 atom stereocenters. The summed E-state index contributed by atoms with van der Waals surface area (Å²) >= 11 is 6.23. The third-order valence-electron chi connectivity index (χ3n) is 11.5. The molecule has 3 heterocycles. The normalized spacial score (nSPS) is 23.1. The summed E-state index contributed by atoms with van der Waals surface area (Å²) in [4.78, 5) is 66.7. The molecule has 0 bridgehead atoms. The predicted octanol–water partition coefficient (Wildman–Crippen LogP) is 5.68. The van der Waals surface area contributed by atoms with Crippen molar-refractivity contribution in [3.8, 4) is 11.8 Å². The van der Waals surface area contributed by atoms with Crippen molar-refractivity contribution < 1.29 is 28.7 Å². The highest BCUT2D eigenvalue weighted by molar-refractivity contribution is 6.31. The first kappa shape index (κ1) is 36.2. The van der Waals surface area contributed by atoms with Gasteiger partial charge in [0.1, 0.15) is 24.0 Å². The number of halogens is 1. The molecule has 0 radical (unpaired) electrons. The highest BCUT2D eigenvalue weighted by atomic mass is 35.5. The van der Waals surface area contributed by atoms with E-state index < -0.39 is 29.7 Å². The van der Waals surface area contributed by atoms with Crippen molar-refractivity contribution in [2.24, 2.45) is 16.7 Å². The second-order valence-electron chi connectivity index (χ2n) is 15.8. The molecule has 3 aliphatic heterocycles. The lowest BCUT2D eigenvalue weighted by Gasteiger charge is -2.63. The average molecular weight is 736 g/mol. The quantitative estimate of drug-likeness (QED) is 0.253. The van der Waals surface area contributed by atoms with Crippen LogP contribution in [0.25, 0.3) is 0 Å². The molecule has 1 saturated carbocycles. The molecule has 4 aliphatic rings. The Labute approximate surface area is 313 Å². The van der Waals surface area contributed by atoms with Gasteiger partial charge in [-0.1, -0.05) is 51.4 Å². The van der Waals surface area contributed by atoms with Crippen LogP contribution < -0.4 is 20.3 Å². The number of aryl methyl sites for hydroxylation is 1. The van der Waals surface area contributed by atoms with Crippen LogP contribution in [-0.4, -0.2) is 65.7 Å². The number of ether oxygens (including phenoxy) is 1. The van der Waals surface area contributed by atoms with Crippen LogP contribution in [0.4, 0.5) is 5.69 Å². The van der Waals surface area contributed by atoms with Crippen LogP contribution in [0.3, 0.4) is 0 Å². The molecule has 0 spiro atoms. The summed E-state index contributed by atoms with van der Waals surface area (Å²) in [6.45, 7) is 10.0. The van der Waals surface area contributed by atoms with Crippen LogP contribution in [-0.2, 0) is 16.0 Å². The monoisotopic (exact) mass is 735 g/mol. The van der Waals surface area contributed by atoms with E-state index >= 15 is 0 Å². The molecule has 1 aliphatic carbocycles. The first-order valence-corrected chi connectivity index (χ1v) is 18.4. The minimum absolute atomic E-state index is 0.0859. The SMILES string of the molecule is CC1(C)[C@H](NC(=O)c2ccc(CCCC3CN(c4ccc5c(c4)C(=O)N(C4CCC(=O)NC4=O)C5=O)C3)cc2)C(C)(C)[C@H]1Oc1ccc(C#N)c(Cl)c1. The van der Waals surface area contributed by atoms with Gasteiger partial charge in [-0.05, 0) is 79.6 Å². The van der Waals surface area contributed by atoms with Crippen molar-refractivity contribution in [2.75, 3.05) is 18.0 Å². The number of nitriles is 1. The second kappa shape index (κ2) is 13.6. The molecule has 3 aromatic rings. The molecular weight excluding hydrogens is 694 g/mol. The van der Waals surface area contributed by atoms with Crippen molar-refractivity contribution >= 4 is 46.8 Å². The Morgan fingerprint density at radius 1 is 0.962 bits per heavy atom. The van der Waals surface area contributed by atoms with E-state index in [4.69, 9.17) is 16.3 Å². The summed E-state index contributed by atoms with van der Waals surface area (Å²) < 4.78 is 6.35. The van der Waals surface area contributed by atoms with Crippen LogP contribution >= 0.6 is 11.6 Å². The van der Waals surface area contributed by atoms with E-state index in [0.29, 0.717) is 33.4 Å². The number of hydrogen-bond acceptors (Lipinski definition) is 8. The maximum absolute atomic E-state index is 13.4. The third-order valence-corrected chi connectivity index (χ3v) is 11.8. The number of hydrogen-bond donors (Lipinski definition) is 2. The summed E-state index contributed by atoms with van der Waals surface area (Å²) in [6, 6.07) is 19.0. The van der Waals surface area contributed by atoms with Gasteiger partial charge in [-0.15, -0.1) is 0 Å². The molecule has 7 rings (SSSR count). The van der Waals surface area contributed by atoms with Crippen molar-refractivity contribution in [1.29, 1.82) is 5.26 Å². The largest absolute Gasteiger partial charge is 0.489 e. The Bertz CT molecular complexity index is 2050. The van der Waals surface area contributed by atoms with E-state index in [1.165, 1.54) is 5.56 Å². The highest BCUT2D eigenvalue weighted by Crippen LogP contribution is 2.55. The lowest BCUT2D eigenvalue weighted by Crippen LogP contribution is -2.74. The first-order chi connectivity index (χ1) is 25.2. The fourth-order valence-electron chi connectivity index (χ4n) is 8.85. The van der Waals surface area contributed by atoms with Gasteiger partial charge in [-0.3, -0.25) is 34.2 Å². The zero-order valence-corrected chi connectivity index (χ0v) is 31.0. The van der Waals surface area contributed by atoms with Gasteiger partial charge in [-0.25, -0.2) is 0 Å². The maximum Gasteiger partial charge on any atom is 0.262 e. The summed E-state index contributed by atoms with van der Waals surface area (Å²) in [5.74, 6) is -1.05. The number of nitrogens with zero attached hydrogens (tertiary/aromatic N) is 3. The summed E-state index contributed by atoms with van der Waals surface area (Å²) in [6.07, 6.45) is 2.96. The molecule has 5 amide bonds. The minimum atomic E-state index is -0.977. The number of piperidine rings is 1. The van der Waals surface area contributed by atoms with Gasteiger partial charge in [0.15, 0.2) is 0 Å². The number of carbonyl (C=O) groups is 5. The lowest BCUT2D eigenvalue weighted by molar-refractivity contribution is -0.164. The number of anilines is 1. The Morgan fingerprint density at radius 3 is 2.32 bits per heavy atom. The fourth-order valence-corrected chi connectivity index (χ4v) is 9.06. The number of rotatable bonds is 10. The van der Waals surface area contributed by atoms with Crippen molar-refractivity contribution in [2.45, 2.75) is 78.0 Å². The van der Waals surface area contributed by atoms with E-state index in [-0.39, 0.29) is 47.3 Å². The summed E-state index contributed by atoms with van der Waals surface area (Å²) in [7, 11) is 0. The molecule has 12 heteroatoms. The minimum Gasteiger partial charge on any atom is -0.489 e. The Balaban J connectivity index is 0.869. The topological polar surface area (TPSA) is 149 Å². The fraction of sp³-hybridized carbons (Fsp3) is 0.415. The number of nitrogens with one attached hydrogen (secondary N) is 2. The number of imide groups is 2. The van der Waals surface area contributed by atoms with Crippen molar-refractivity contribution in [3.05, 3.63) is 93.5 Å². The van der Waals surface area contributed by atoms with Gasteiger partial charge in [0.25, 0.3) is 17.7 Å². The maximum atomic E-state index is 13.4. The smallest absolute Gasteiger partial charge is 0.262 e. The van der Waals surface area contributed by atoms with Gasteiger partial charge in [0.05, 0.1) is 21.7 Å². The molecule has 1 unspecified atom stereocenters. The molecule has 3 aromatic carbocycles. The van der Waals surface area contributed by atoms with Gasteiger partial charge >= 0.3 is 0 Å². The molecule has 2 saturated heterocycles. The summed E-state index contributed by atoms with van der Waals surface area (Å²) in [5, 5.41) is 15.0. The molecule has 274 valence electrons. The van der Waals surface area contributed by atoms with Gasteiger partial charge in [-0.2, -0.15) is 5.26 Å². The highest BCUT2D eigenvalue weighted by Gasteiger charge is 2.64. The van der Waals surface area contributed by atoms with Crippen LogP contribution in [0.1, 0.15) is 95.6 Å². The average Bonchev–Trinajstić information content (AvgIpc) is 3.35. The van der Waals surface area contributed by atoms with Crippen LogP contribution in [0.2, 0.25) is 5.02 Å². The van der Waals surface area contributed by atoms with Crippen LogP contribution in [0.15, 0.2) is 60.7 Å². The summed E-state index contributed by atoms with van der Waals surface area (Å²) in [5.41, 5.74) is 2.90. The van der Waals surface area contributed by atoms with Crippen LogP contribution in [0, 0.1) is 28.1 Å². The van der Waals surface area contributed by atoms with E-state index in [9.17, 15) is 29.2 Å². The zero-order valence-electron chi connectivity index (χ0n) is 30.2. The Hall–Kier alpha value is -5.21. The molecule has 3 fully saturated rings. The first-order valence-electron chi connectivity index (χ1n) is 18.1. The molecule has 0 aromatic heterocycles. The molecular formula is C41H42ClN5O6. The van der Waals surface area contributed by atoms with E-state index in [1.807, 2.05) is 30.3 Å². The zero-order chi connectivity index (χ0) is 37.8. The molecule has 11 nitrogen and oxygen atoms in total. The lowest BCUT2D eigenvalue weighted by atomic mass is 9.49. The predicted molar refractivity (Wildman–Crippen MR) is 198 cm³/mol. The number of benzene rings is 3. The van der Waals surface area contributed by atoms with E-state index in [2.05, 4.69) is 49.3 Å². The van der Waals surface area contributed by atoms with Crippen molar-refractivity contribution in [3.63, 3.8) is 0 Å². The van der Waals surface area contributed by atoms with E-state index in [1.54, 1.807) is 30.3 Å². The van der Waals surface area contributed by atoms with E-state index in [0.717, 1.165) is 42.9 Å². The Kier molecular flexibility index (Phi) is 9.31. The van der Waals surface area contributed by atoms with Crippen molar-refractivity contribution in [1.82, 2.24) is 15.5 Å². The molecule has 2 N–H and O–H groups in total. The van der Waals surface area contributed by atoms with Gasteiger partial charge in [0, 0.05) is 53.7 Å². The molecule has 53 heavy (non-hydrogen) atoms. The van der Waals surface area contributed by atoms with Gasteiger partial charge in [0.2, 0.25) is 11.8 Å². The third kappa shape index (κ3) is 6.54.